The fourth-order valence-corrected chi connectivity index (χ4v) is 3.31. The van der Waals surface area contributed by atoms with Crippen LogP contribution in [0.1, 0.15) is 18.5 Å². The van der Waals surface area contributed by atoms with Crippen LogP contribution in [0.15, 0.2) is 10.4 Å². The Labute approximate surface area is 141 Å². The standard InChI is InChI=1S/C14H22N4O2S.ClH/c1-17(2)11-15-13-16-12(10-21-13)9-18-5-3-14(4-6-18)19-7-8-20-14;/h10-11H,3-9H2,1-2H3;1H/b15-11+;. The van der Waals surface area contributed by atoms with E-state index in [4.69, 9.17) is 9.47 Å². The number of nitrogens with zero attached hydrogens (tertiary/aromatic N) is 4. The second-order valence-electron chi connectivity index (χ2n) is 5.71. The first-order valence-electron chi connectivity index (χ1n) is 7.31. The van der Waals surface area contributed by atoms with Crippen molar-refractivity contribution in [2.45, 2.75) is 25.2 Å². The third kappa shape index (κ3) is 4.39. The smallest absolute Gasteiger partial charge is 0.210 e. The molecule has 0 bridgehead atoms. The highest BCUT2D eigenvalue weighted by atomic mass is 35.5. The van der Waals surface area contributed by atoms with Crippen LogP contribution in [0.2, 0.25) is 0 Å². The minimum atomic E-state index is -0.292. The van der Waals surface area contributed by atoms with Gasteiger partial charge in [-0.15, -0.1) is 23.7 Å². The molecule has 0 N–H and O–H groups in total. The maximum Gasteiger partial charge on any atom is 0.210 e. The molecule has 1 spiro atoms. The summed E-state index contributed by atoms with van der Waals surface area (Å²) in [4.78, 5) is 13.2. The third-order valence-corrected chi connectivity index (χ3v) is 4.55. The molecule has 8 heteroatoms. The van der Waals surface area contributed by atoms with Crippen molar-refractivity contribution < 1.29 is 9.47 Å². The highest BCUT2D eigenvalue weighted by Gasteiger charge is 2.39. The van der Waals surface area contributed by atoms with Crippen molar-refractivity contribution in [1.29, 1.82) is 0 Å². The summed E-state index contributed by atoms with van der Waals surface area (Å²) in [5, 5.41) is 2.91. The fraction of sp³-hybridized carbons (Fsp3) is 0.714. The van der Waals surface area contributed by atoms with E-state index in [1.165, 1.54) is 0 Å². The average molecular weight is 347 g/mol. The Morgan fingerprint density at radius 1 is 1.36 bits per heavy atom. The van der Waals surface area contributed by atoms with Crippen LogP contribution < -0.4 is 0 Å². The van der Waals surface area contributed by atoms with Crippen LogP contribution in [0.5, 0.6) is 0 Å². The molecule has 0 amide bonds. The van der Waals surface area contributed by atoms with Crippen molar-refractivity contribution in [3.63, 3.8) is 0 Å². The van der Waals surface area contributed by atoms with Crippen LogP contribution in [-0.2, 0) is 16.0 Å². The molecule has 124 valence electrons. The lowest BCUT2D eigenvalue weighted by molar-refractivity contribution is -0.185. The molecule has 22 heavy (non-hydrogen) atoms. The van der Waals surface area contributed by atoms with Gasteiger partial charge in [0.05, 0.1) is 25.2 Å². The summed E-state index contributed by atoms with van der Waals surface area (Å²) in [6.07, 6.45) is 3.67. The SMILES string of the molecule is CN(C)/C=N/c1nc(CN2CCC3(CC2)OCCO3)cs1.Cl. The van der Waals surface area contributed by atoms with Gasteiger partial charge in [0.2, 0.25) is 5.13 Å². The average Bonchev–Trinajstić information content (AvgIpc) is 3.09. The Morgan fingerprint density at radius 2 is 2.05 bits per heavy atom. The van der Waals surface area contributed by atoms with E-state index in [2.05, 4.69) is 20.3 Å². The largest absolute Gasteiger partial charge is 0.369 e. The summed E-state index contributed by atoms with van der Waals surface area (Å²) in [6.45, 7) is 4.34. The van der Waals surface area contributed by atoms with E-state index < -0.39 is 0 Å². The highest BCUT2D eigenvalue weighted by molar-refractivity contribution is 7.13. The van der Waals surface area contributed by atoms with Crippen LogP contribution in [0.3, 0.4) is 0 Å². The summed E-state index contributed by atoms with van der Waals surface area (Å²) >= 11 is 1.59. The lowest BCUT2D eigenvalue weighted by Crippen LogP contribution is -2.44. The number of ether oxygens (including phenoxy) is 2. The molecule has 0 atom stereocenters. The zero-order valence-corrected chi connectivity index (χ0v) is 14.7. The summed E-state index contributed by atoms with van der Waals surface area (Å²) in [6, 6.07) is 0. The number of rotatable bonds is 4. The summed E-state index contributed by atoms with van der Waals surface area (Å²) in [5.74, 6) is -0.292. The molecule has 1 aromatic rings. The van der Waals surface area contributed by atoms with E-state index in [-0.39, 0.29) is 18.2 Å². The molecule has 0 aliphatic carbocycles. The molecule has 3 rings (SSSR count). The van der Waals surface area contributed by atoms with Crippen LogP contribution in [-0.4, -0.2) is 67.3 Å². The minimum Gasteiger partial charge on any atom is -0.369 e. The predicted octanol–water partition coefficient (Wildman–Crippen LogP) is 2.13. The van der Waals surface area contributed by atoms with Gasteiger partial charge in [0.15, 0.2) is 5.79 Å². The van der Waals surface area contributed by atoms with Crippen LogP contribution in [0.4, 0.5) is 5.13 Å². The second kappa shape index (κ2) is 7.70. The Balaban J connectivity index is 0.00000176. The summed E-state index contributed by atoms with van der Waals surface area (Å²) < 4.78 is 11.5. The van der Waals surface area contributed by atoms with Gasteiger partial charge in [0.25, 0.3) is 0 Å². The first-order chi connectivity index (χ1) is 10.2. The maximum absolute atomic E-state index is 5.75. The first kappa shape index (κ1) is 17.6. The minimum absolute atomic E-state index is 0. The lowest BCUT2D eigenvalue weighted by Gasteiger charge is -2.37. The van der Waals surface area contributed by atoms with Crippen LogP contribution in [0.25, 0.3) is 0 Å². The third-order valence-electron chi connectivity index (χ3n) is 3.76. The summed E-state index contributed by atoms with van der Waals surface area (Å²) in [5.41, 5.74) is 1.09. The highest BCUT2D eigenvalue weighted by Crippen LogP contribution is 2.32. The molecular weight excluding hydrogens is 324 g/mol. The molecule has 0 radical (unpaired) electrons. The van der Waals surface area contributed by atoms with E-state index in [1.807, 2.05) is 19.0 Å². The zero-order valence-electron chi connectivity index (χ0n) is 13.0. The summed E-state index contributed by atoms with van der Waals surface area (Å²) in [7, 11) is 3.91. The van der Waals surface area contributed by atoms with Crippen molar-refractivity contribution in [2.75, 3.05) is 40.4 Å². The number of hydrogen-bond donors (Lipinski definition) is 0. The quantitative estimate of drug-likeness (QED) is 0.617. The van der Waals surface area contributed by atoms with Crippen molar-refractivity contribution in [2.24, 2.45) is 4.99 Å². The molecule has 0 unspecified atom stereocenters. The van der Waals surface area contributed by atoms with E-state index in [0.29, 0.717) is 0 Å². The van der Waals surface area contributed by atoms with E-state index >= 15 is 0 Å². The lowest BCUT2D eigenvalue weighted by atomic mass is 10.0. The normalized spacial score (nSPS) is 21.4. The molecule has 6 nitrogen and oxygen atoms in total. The van der Waals surface area contributed by atoms with Gasteiger partial charge in [-0.05, 0) is 0 Å². The van der Waals surface area contributed by atoms with Crippen molar-refractivity contribution in [1.82, 2.24) is 14.8 Å². The van der Waals surface area contributed by atoms with Gasteiger partial charge in [0, 0.05) is 52.0 Å². The predicted molar refractivity (Wildman–Crippen MR) is 90.3 cm³/mol. The first-order valence-corrected chi connectivity index (χ1v) is 8.18. The topological polar surface area (TPSA) is 50.2 Å². The Hall–Kier alpha value is -0.730. The number of hydrogen-bond acceptors (Lipinski definition) is 6. The van der Waals surface area contributed by atoms with E-state index in [9.17, 15) is 0 Å². The molecule has 2 aliphatic rings. The second-order valence-corrected chi connectivity index (χ2v) is 6.55. The number of aliphatic imine (C=N–C) groups is 1. The number of piperidine rings is 1. The van der Waals surface area contributed by atoms with Crippen LogP contribution >= 0.6 is 23.7 Å². The number of halogens is 1. The Morgan fingerprint density at radius 3 is 2.68 bits per heavy atom. The number of aromatic nitrogens is 1. The van der Waals surface area contributed by atoms with Gasteiger partial charge in [-0.3, -0.25) is 4.90 Å². The zero-order chi connectivity index (χ0) is 14.7. The molecule has 3 heterocycles. The number of likely N-dealkylation sites (tertiary alicyclic amines) is 1. The van der Waals surface area contributed by atoms with Gasteiger partial charge >= 0.3 is 0 Å². The van der Waals surface area contributed by atoms with Gasteiger partial charge < -0.3 is 14.4 Å². The van der Waals surface area contributed by atoms with Crippen molar-refractivity contribution in [3.8, 4) is 0 Å². The molecule has 2 saturated heterocycles. The Bertz CT molecular complexity index is 493. The molecule has 2 fully saturated rings. The molecule has 1 aromatic heterocycles. The van der Waals surface area contributed by atoms with Gasteiger partial charge in [-0.1, -0.05) is 0 Å². The van der Waals surface area contributed by atoms with Crippen LogP contribution in [0, 0.1) is 0 Å². The molecule has 0 saturated carbocycles. The van der Waals surface area contributed by atoms with E-state index in [1.54, 1.807) is 17.7 Å². The van der Waals surface area contributed by atoms with Crippen molar-refractivity contribution >= 4 is 35.2 Å². The van der Waals surface area contributed by atoms with Gasteiger partial charge in [0.1, 0.15) is 0 Å². The maximum atomic E-state index is 5.75. The molecule has 0 aromatic carbocycles. The number of thiazole rings is 1. The molecule has 2 aliphatic heterocycles. The monoisotopic (exact) mass is 346 g/mol. The van der Waals surface area contributed by atoms with Crippen molar-refractivity contribution in [3.05, 3.63) is 11.1 Å². The van der Waals surface area contributed by atoms with E-state index in [0.717, 1.165) is 56.5 Å². The van der Waals surface area contributed by atoms with Gasteiger partial charge in [-0.2, -0.15) is 0 Å². The fourth-order valence-electron chi connectivity index (χ4n) is 2.66. The molecular formula is C14H23ClN4O2S. The Kier molecular flexibility index (Phi) is 6.17. The van der Waals surface area contributed by atoms with Gasteiger partial charge in [-0.25, -0.2) is 9.98 Å².